The minimum atomic E-state index is -0.165. The zero-order valence-corrected chi connectivity index (χ0v) is 13.2. The molecule has 1 aromatic carbocycles. The highest BCUT2D eigenvalue weighted by atomic mass is 16.1. The number of pyridine rings is 1. The molecule has 0 bridgehead atoms. The van der Waals surface area contributed by atoms with Crippen LogP contribution in [0.4, 0.5) is 5.69 Å². The number of carbonyl (C=O) groups excluding carboxylic acids is 1. The zero-order valence-electron chi connectivity index (χ0n) is 13.2. The van der Waals surface area contributed by atoms with Crippen LogP contribution in [0.15, 0.2) is 54.9 Å². The number of nitrogens with zero attached hydrogens (tertiary/aromatic N) is 3. The van der Waals surface area contributed by atoms with E-state index < -0.39 is 0 Å². The van der Waals surface area contributed by atoms with Gasteiger partial charge in [-0.3, -0.25) is 14.5 Å². The Bertz CT molecular complexity index is 824. The van der Waals surface area contributed by atoms with Crippen molar-refractivity contribution in [3.8, 4) is 0 Å². The molecule has 0 spiro atoms. The molecule has 1 amide bonds. The van der Waals surface area contributed by atoms with Crippen LogP contribution in [-0.2, 0) is 6.54 Å². The first kappa shape index (κ1) is 15.0. The van der Waals surface area contributed by atoms with Gasteiger partial charge < -0.3 is 5.32 Å². The molecular weight excluding hydrogens is 288 g/mol. The maximum Gasteiger partial charge on any atom is 0.257 e. The summed E-state index contributed by atoms with van der Waals surface area (Å²) in [5.41, 5.74) is 4.50. The molecule has 2 aromatic heterocycles. The number of hydrogen-bond acceptors (Lipinski definition) is 3. The molecule has 116 valence electrons. The van der Waals surface area contributed by atoms with Crippen LogP contribution >= 0.6 is 0 Å². The number of benzene rings is 1. The van der Waals surface area contributed by atoms with E-state index in [0.29, 0.717) is 12.1 Å². The van der Waals surface area contributed by atoms with E-state index in [1.807, 2.05) is 48.9 Å². The third kappa shape index (κ3) is 3.63. The quantitative estimate of drug-likeness (QED) is 0.805. The number of anilines is 1. The molecule has 1 N–H and O–H groups in total. The fraction of sp³-hybridized carbons (Fsp3) is 0.167. The fourth-order valence-electron chi connectivity index (χ4n) is 2.46. The number of nitrogens with one attached hydrogen (secondary N) is 1. The summed E-state index contributed by atoms with van der Waals surface area (Å²) in [6.45, 7) is 4.69. The van der Waals surface area contributed by atoms with E-state index >= 15 is 0 Å². The molecule has 5 nitrogen and oxygen atoms in total. The molecule has 0 aliphatic carbocycles. The molecule has 0 aliphatic heterocycles. The van der Waals surface area contributed by atoms with Gasteiger partial charge in [0, 0.05) is 23.8 Å². The molecule has 0 saturated carbocycles. The van der Waals surface area contributed by atoms with E-state index in [0.717, 1.165) is 22.6 Å². The Hall–Kier alpha value is -2.95. The monoisotopic (exact) mass is 306 g/mol. The average molecular weight is 306 g/mol. The summed E-state index contributed by atoms with van der Waals surface area (Å²) in [6, 6.07) is 13.3. The smallest absolute Gasteiger partial charge is 0.257 e. The van der Waals surface area contributed by atoms with Crippen LogP contribution in [-0.4, -0.2) is 20.7 Å². The second-order valence-electron chi connectivity index (χ2n) is 5.48. The molecule has 0 unspecified atom stereocenters. The highest BCUT2D eigenvalue weighted by Gasteiger charge is 2.07. The summed E-state index contributed by atoms with van der Waals surface area (Å²) in [5.74, 6) is -0.165. The number of aryl methyl sites for hydroxylation is 2. The second-order valence-corrected chi connectivity index (χ2v) is 5.48. The highest BCUT2D eigenvalue weighted by Crippen LogP contribution is 2.14. The summed E-state index contributed by atoms with van der Waals surface area (Å²) in [4.78, 5) is 16.1. The molecule has 23 heavy (non-hydrogen) atoms. The Morgan fingerprint density at radius 3 is 2.74 bits per heavy atom. The van der Waals surface area contributed by atoms with Crippen molar-refractivity contribution < 1.29 is 4.79 Å². The lowest BCUT2D eigenvalue weighted by molar-refractivity contribution is 0.102. The molecule has 0 radical (unpaired) electrons. The zero-order chi connectivity index (χ0) is 16.2. The Balaban J connectivity index is 1.75. The van der Waals surface area contributed by atoms with E-state index in [4.69, 9.17) is 0 Å². The molecule has 3 aromatic rings. The van der Waals surface area contributed by atoms with E-state index in [9.17, 15) is 4.79 Å². The molecule has 2 heterocycles. The molecule has 0 atom stereocenters. The normalized spacial score (nSPS) is 10.5. The van der Waals surface area contributed by atoms with Crippen molar-refractivity contribution in [2.45, 2.75) is 20.4 Å². The maximum atomic E-state index is 12.2. The van der Waals surface area contributed by atoms with Crippen molar-refractivity contribution in [1.82, 2.24) is 14.8 Å². The van der Waals surface area contributed by atoms with Gasteiger partial charge in [-0.05, 0) is 49.7 Å². The molecule has 0 fully saturated rings. The van der Waals surface area contributed by atoms with Crippen LogP contribution in [0, 0.1) is 13.8 Å². The first-order valence-electron chi connectivity index (χ1n) is 7.43. The minimum Gasteiger partial charge on any atom is -0.322 e. The van der Waals surface area contributed by atoms with Gasteiger partial charge in [0.1, 0.15) is 0 Å². The molecule has 3 rings (SSSR count). The minimum absolute atomic E-state index is 0.165. The van der Waals surface area contributed by atoms with Gasteiger partial charge >= 0.3 is 0 Å². The van der Waals surface area contributed by atoms with Crippen LogP contribution in [0.5, 0.6) is 0 Å². The van der Waals surface area contributed by atoms with Crippen molar-refractivity contribution in [3.05, 3.63) is 77.4 Å². The first-order valence-corrected chi connectivity index (χ1v) is 7.43. The number of carbonyl (C=O) groups is 1. The van der Waals surface area contributed by atoms with Crippen LogP contribution in [0.3, 0.4) is 0 Å². The maximum absolute atomic E-state index is 12.2. The van der Waals surface area contributed by atoms with Crippen LogP contribution in [0.2, 0.25) is 0 Å². The third-order valence-electron chi connectivity index (χ3n) is 3.54. The predicted octanol–water partition coefficient (Wildman–Crippen LogP) is 3.20. The molecule has 5 heteroatoms. The highest BCUT2D eigenvalue weighted by molar-refractivity contribution is 6.04. The summed E-state index contributed by atoms with van der Waals surface area (Å²) in [7, 11) is 0. The van der Waals surface area contributed by atoms with Crippen molar-refractivity contribution in [1.29, 1.82) is 0 Å². The summed E-state index contributed by atoms with van der Waals surface area (Å²) < 4.78 is 1.96. The van der Waals surface area contributed by atoms with Crippen molar-refractivity contribution >= 4 is 11.6 Å². The summed E-state index contributed by atoms with van der Waals surface area (Å²) in [6.07, 6.45) is 3.20. The molecular formula is C18H18N4O. The van der Waals surface area contributed by atoms with Gasteiger partial charge in [0.2, 0.25) is 0 Å². The van der Waals surface area contributed by atoms with E-state index in [1.165, 1.54) is 0 Å². The Morgan fingerprint density at radius 2 is 2.04 bits per heavy atom. The van der Waals surface area contributed by atoms with Crippen LogP contribution in [0.25, 0.3) is 0 Å². The Morgan fingerprint density at radius 1 is 1.17 bits per heavy atom. The van der Waals surface area contributed by atoms with Crippen LogP contribution < -0.4 is 5.32 Å². The molecule has 0 aliphatic rings. The third-order valence-corrected chi connectivity index (χ3v) is 3.54. The van der Waals surface area contributed by atoms with Gasteiger partial charge in [-0.1, -0.05) is 12.1 Å². The van der Waals surface area contributed by atoms with Crippen molar-refractivity contribution in [2.24, 2.45) is 0 Å². The second kappa shape index (κ2) is 6.44. The summed E-state index contributed by atoms with van der Waals surface area (Å²) >= 11 is 0. The lowest BCUT2D eigenvalue weighted by atomic mass is 10.2. The van der Waals surface area contributed by atoms with Crippen LogP contribution in [0.1, 0.15) is 27.3 Å². The Labute approximate surface area is 135 Å². The van der Waals surface area contributed by atoms with E-state index in [-0.39, 0.29) is 5.91 Å². The standard InChI is InChI=1S/C18H18N4O/c1-13-9-14(2)22(21-13)12-15-5-3-7-17(10-15)20-18(23)16-6-4-8-19-11-16/h3-11H,12H2,1-2H3,(H,20,23). The largest absolute Gasteiger partial charge is 0.322 e. The SMILES string of the molecule is Cc1cc(C)n(Cc2cccc(NC(=O)c3cccnc3)c2)n1. The van der Waals surface area contributed by atoms with Gasteiger partial charge in [0.25, 0.3) is 5.91 Å². The van der Waals surface area contributed by atoms with Gasteiger partial charge in [0.05, 0.1) is 17.8 Å². The van der Waals surface area contributed by atoms with Crippen molar-refractivity contribution in [2.75, 3.05) is 5.32 Å². The lowest BCUT2D eigenvalue weighted by Gasteiger charge is -2.09. The van der Waals surface area contributed by atoms with Gasteiger partial charge in [-0.25, -0.2) is 0 Å². The fourth-order valence-corrected chi connectivity index (χ4v) is 2.46. The topological polar surface area (TPSA) is 59.8 Å². The lowest BCUT2D eigenvalue weighted by Crippen LogP contribution is -2.12. The summed E-state index contributed by atoms with van der Waals surface area (Å²) in [5, 5.41) is 7.36. The average Bonchev–Trinajstić information content (AvgIpc) is 2.86. The first-order chi connectivity index (χ1) is 11.1. The number of hydrogen-bond donors (Lipinski definition) is 1. The van der Waals surface area contributed by atoms with E-state index in [1.54, 1.807) is 24.5 Å². The number of amides is 1. The van der Waals surface area contributed by atoms with E-state index in [2.05, 4.69) is 15.4 Å². The Kier molecular flexibility index (Phi) is 4.19. The van der Waals surface area contributed by atoms with Crippen molar-refractivity contribution in [3.63, 3.8) is 0 Å². The molecule has 0 saturated heterocycles. The number of rotatable bonds is 4. The van der Waals surface area contributed by atoms with Gasteiger partial charge in [-0.2, -0.15) is 5.10 Å². The number of aromatic nitrogens is 3. The van der Waals surface area contributed by atoms with Gasteiger partial charge in [0.15, 0.2) is 0 Å². The van der Waals surface area contributed by atoms with Gasteiger partial charge in [-0.15, -0.1) is 0 Å². The predicted molar refractivity (Wildman–Crippen MR) is 89.4 cm³/mol.